The maximum Gasteiger partial charge on any atom is 0.330 e. The standard InChI is InChI=1S/C9H9BrO2S/c1-6-8(10)5-7(13-6)3-4-9(11)12-2/h3-5H,1-2H3/b4-3+. The average molecular weight is 261 g/mol. The van der Waals surface area contributed by atoms with Crippen molar-refractivity contribution < 1.29 is 9.53 Å². The van der Waals surface area contributed by atoms with Gasteiger partial charge in [-0.05, 0) is 35.0 Å². The van der Waals surface area contributed by atoms with Crippen LogP contribution in [0, 0.1) is 6.92 Å². The number of thiophene rings is 1. The van der Waals surface area contributed by atoms with Crippen LogP contribution in [0.4, 0.5) is 0 Å². The van der Waals surface area contributed by atoms with E-state index in [0.29, 0.717) is 0 Å². The summed E-state index contributed by atoms with van der Waals surface area (Å²) in [5.74, 6) is -0.331. The van der Waals surface area contributed by atoms with Crippen LogP contribution in [0.25, 0.3) is 6.08 Å². The van der Waals surface area contributed by atoms with Gasteiger partial charge < -0.3 is 4.74 Å². The van der Waals surface area contributed by atoms with Crippen LogP contribution >= 0.6 is 27.3 Å². The van der Waals surface area contributed by atoms with Gasteiger partial charge >= 0.3 is 5.97 Å². The number of aryl methyl sites for hydroxylation is 1. The summed E-state index contributed by atoms with van der Waals surface area (Å²) in [5.41, 5.74) is 0. The van der Waals surface area contributed by atoms with Gasteiger partial charge in [-0.3, -0.25) is 0 Å². The van der Waals surface area contributed by atoms with Gasteiger partial charge in [-0.1, -0.05) is 0 Å². The van der Waals surface area contributed by atoms with Crippen LogP contribution in [0.5, 0.6) is 0 Å². The first-order valence-electron chi connectivity index (χ1n) is 3.65. The number of rotatable bonds is 2. The average Bonchev–Trinajstić information content (AvgIpc) is 2.42. The van der Waals surface area contributed by atoms with Crippen LogP contribution in [-0.4, -0.2) is 13.1 Å². The van der Waals surface area contributed by atoms with Crippen molar-refractivity contribution in [2.75, 3.05) is 7.11 Å². The number of hydrogen-bond donors (Lipinski definition) is 0. The van der Waals surface area contributed by atoms with E-state index >= 15 is 0 Å². The Labute approximate surface area is 89.3 Å². The minimum Gasteiger partial charge on any atom is -0.466 e. The number of ether oxygens (including phenoxy) is 1. The number of halogens is 1. The molecule has 1 rings (SSSR count). The molecule has 13 heavy (non-hydrogen) atoms. The van der Waals surface area contributed by atoms with E-state index in [2.05, 4.69) is 20.7 Å². The molecule has 0 saturated carbocycles. The predicted molar refractivity (Wildman–Crippen MR) is 57.8 cm³/mol. The second kappa shape index (κ2) is 4.58. The summed E-state index contributed by atoms with van der Waals surface area (Å²) < 4.78 is 5.55. The molecule has 0 aliphatic rings. The molecule has 0 radical (unpaired) electrons. The van der Waals surface area contributed by atoms with E-state index in [4.69, 9.17) is 0 Å². The van der Waals surface area contributed by atoms with Gasteiger partial charge in [0.2, 0.25) is 0 Å². The third-order valence-corrected chi connectivity index (χ3v) is 3.56. The van der Waals surface area contributed by atoms with E-state index in [-0.39, 0.29) is 5.97 Å². The SMILES string of the molecule is COC(=O)/C=C/c1cc(Br)c(C)s1. The number of esters is 1. The minimum absolute atomic E-state index is 0.331. The van der Waals surface area contributed by atoms with Gasteiger partial charge in [0.05, 0.1) is 7.11 Å². The maximum absolute atomic E-state index is 10.8. The molecule has 1 aromatic rings. The molecule has 0 aromatic carbocycles. The molecule has 0 unspecified atom stereocenters. The summed E-state index contributed by atoms with van der Waals surface area (Å²) >= 11 is 5.03. The number of hydrogen-bond acceptors (Lipinski definition) is 3. The van der Waals surface area contributed by atoms with Crippen molar-refractivity contribution in [3.8, 4) is 0 Å². The van der Waals surface area contributed by atoms with E-state index < -0.39 is 0 Å². The van der Waals surface area contributed by atoms with Gasteiger partial charge in [-0.2, -0.15) is 0 Å². The molecule has 0 aliphatic carbocycles. The van der Waals surface area contributed by atoms with Crippen molar-refractivity contribution in [2.45, 2.75) is 6.92 Å². The predicted octanol–water partition coefficient (Wildman–Crippen LogP) is 3.01. The van der Waals surface area contributed by atoms with Gasteiger partial charge in [0.15, 0.2) is 0 Å². The van der Waals surface area contributed by atoms with Crippen molar-refractivity contribution in [1.82, 2.24) is 0 Å². The first kappa shape index (κ1) is 10.5. The van der Waals surface area contributed by atoms with Gasteiger partial charge in [0.1, 0.15) is 0 Å². The lowest BCUT2D eigenvalue weighted by Crippen LogP contribution is -1.92. The van der Waals surface area contributed by atoms with Crippen LogP contribution in [-0.2, 0) is 9.53 Å². The lowest BCUT2D eigenvalue weighted by molar-refractivity contribution is -0.134. The molecule has 1 aromatic heterocycles. The Balaban J connectivity index is 2.74. The molecule has 0 N–H and O–H groups in total. The Hall–Kier alpha value is -0.610. The lowest BCUT2D eigenvalue weighted by atomic mass is 10.4. The molecule has 0 bridgehead atoms. The van der Waals surface area contributed by atoms with Crippen LogP contribution in [0.3, 0.4) is 0 Å². The summed E-state index contributed by atoms with van der Waals surface area (Å²) in [5, 5.41) is 0. The van der Waals surface area contributed by atoms with Gasteiger partial charge in [-0.25, -0.2) is 4.79 Å². The Morgan fingerprint density at radius 2 is 2.38 bits per heavy atom. The molecular formula is C9H9BrO2S. The van der Waals surface area contributed by atoms with E-state index in [1.807, 2.05) is 13.0 Å². The maximum atomic E-state index is 10.8. The number of carbonyl (C=O) groups is 1. The van der Waals surface area contributed by atoms with E-state index in [9.17, 15) is 4.79 Å². The van der Waals surface area contributed by atoms with Gasteiger partial charge in [0, 0.05) is 20.3 Å². The minimum atomic E-state index is -0.331. The van der Waals surface area contributed by atoms with Crippen molar-refractivity contribution >= 4 is 39.3 Å². The zero-order valence-corrected chi connectivity index (χ0v) is 9.74. The zero-order chi connectivity index (χ0) is 9.84. The zero-order valence-electron chi connectivity index (χ0n) is 7.33. The van der Waals surface area contributed by atoms with E-state index in [1.165, 1.54) is 18.1 Å². The molecule has 0 fully saturated rings. The molecule has 0 atom stereocenters. The quantitative estimate of drug-likeness (QED) is 0.604. The van der Waals surface area contributed by atoms with Crippen molar-refractivity contribution in [3.05, 3.63) is 26.4 Å². The lowest BCUT2D eigenvalue weighted by Gasteiger charge is -1.87. The second-order valence-electron chi connectivity index (χ2n) is 2.41. The Morgan fingerprint density at radius 3 is 2.85 bits per heavy atom. The van der Waals surface area contributed by atoms with Crippen LogP contribution in [0.2, 0.25) is 0 Å². The summed E-state index contributed by atoms with van der Waals surface area (Å²) in [4.78, 5) is 13.0. The topological polar surface area (TPSA) is 26.3 Å². The fourth-order valence-corrected chi connectivity index (χ4v) is 2.25. The van der Waals surface area contributed by atoms with Crippen LogP contribution in [0.15, 0.2) is 16.6 Å². The first-order valence-corrected chi connectivity index (χ1v) is 5.26. The Morgan fingerprint density at radius 1 is 1.69 bits per heavy atom. The Bertz CT molecular complexity index is 322. The summed E-state index contributed by atoms with van der Waals surface area (Å²) in [6.45, 7) is 2.02. The van der Waals surface area contributed by atoms with Crippen LogP contribution < -0.4 is 0 Å². The normalized spacial score (nSPS) is 10.7. The molecule has 2 nitrogen and oxygen atoms in total. The highest BCUT2D eigenvalue weighted by Gasteiger charge is 2.00. The third kappa shape index (κ3) is 2.97. The third-order valence-electron chi connectivity index (χ3n) is 1.46. The molecule has 0 spiro atoms. The largest absolute Gasteiger partial charge is 0.466 e. The molecular weight excluding hydrogens is 252 g/mol. The van der Waals surface area contributed by atoms with Crippen molar-refractivity contribution in [1.29, 1.82) is 0 Å². The van der Waals surface area contributed by atoms with Gasteiger partial charge in [-0.15, -0.1) is 11.3 Å². The van der Waals surface area contributed by atoms with E-state index in [1.54, 1.807) is 17.4 Å². The monoisotopic (exact) mass is 260 g/mol. The van der Waals surface area contributed by atoms with Crippen molar-refractivity contribution in [3.63, 3.8) is 0 Å². The first-order chi connectivity index (χ1) is 6.13. The van der Waals surface area contributed by atoms with Crippen molar-refractivity contribution in [2.24, 2.45) is 0 Å². The summed E-state index contributed by atoms with van der Waals surface area (Å²) in [6, 6.07) is 1.97. The fraction of sp³-hybridized carbons (Fsp3) is 0.222. The summed E-state index contributed by atoms with van der Waals surface area (Å²) in [7, 11) is 1.36. The fourth-order valence-electron chi connectivity index (χ4n) is 0.782. The molecule has 70 valence electrons. The van der Waals surface area contributed by atoms with Gasteiger partial charge in [0.25, 0.3) is 0 Å². The summed E-state index contributed by atoms with van der Waals surface area (Å²) in [6.07, 6.45) is 3.16. The molecule has 4 heteroatoms. The number of methoxy groups -OCH3 is 1. The highest BCUT2D eigenvalue weighted by Crippen LogP contribution is 2.27. The smallest absolute Gasteiger partial charge is 0.330 e. The molecule has 0 aliphatic heterocycles. The second-order valence-corrected chi connectivity index (χ2v) is 4.55. The molecule has 0 saturated heterocycles. The van der Waals surface area contributed by atoms with E-state index in [0.717, 1.165) is 9.35 Å². The highest BCUT2D eigenvalue weighted by atomic mass is 79.9. The van der Waals surface area contributed by atoms with Crippen LogP contribution in [0.1, 0.15) is 9.75 Å². The Kier molecular flexibility index (Phi) is 3.69. The molecule has 1 heterocycles. The highest BCUT2D eigenvalue weighted by molar-refractivity contribution is 9.10. The number of carbonyl (C=O) groups excluding carboxylic acids is 1. The molecule has 0 amide bonds.